The molecule has 1 amide bonds. The number of nitrogens with zero attached hydrogens (tertiary/aromatic N) is 3. The molecule has 6 heteroatoms. The second-order valence-corrected chi connectivity index (χ2v) is 7.78. The standard InChI is InChI=1S/C20H24N4OS/c1-6-15-9-16-19(21-11-22-20(16)26-15)24(5)10-17(25)23-18-13(3)7-12(2)8-14(18)4/h7-9,11H,6,10H2,1-5H3,(H,23,25). The molecule has 26 heavy (non-hydrogen) atoms. The van der Waals surface area contributed by atoms with Crippen LogP contribution < -0.4 is 10.2 Å². The van der Waals surface area contributed by atoms with Crippen LogP contribution in [0.4, 0.5) is 11.5 Å². The van der Waals surface area contributed by atoms with Gasteiger partial charge in [-0.15, -0.1) is 11.3 Å². The Balaban J connectivity index is 1.79. The lowest BCUT2D eigenvalue weighted by Gasteiger charge is -2.19. The minimum atomic E-state index is -0.0553. The van der Waals surface area contributed by atoms with Crippen molar-refractivity contribution in [3.05, 3.63) is 46.1 Å². The molecule has 2 aromatic heterocycles. The summed E-state index contributed by atoms with van der Waals surface area (Å²) in [6, 6.07) is 6.29. The van der Waals surface area contributed by atoms with Crippen LogP contribution in [-0.2, 0) is 11.2 Å². The average Bonchev–Trinajstić information content (AvgIpc) is 3.01. The number of carbonyl (C=O) groups excluding carboxylic acids is 1. The second-order valence-electron chi connectivity index (χ2n) is 6.66. The zero-order valence-corrected chi connectivity index (χ0v) is 16.7. The smallest absolute Gasteiger partial charge is 0.243 e. The fourth-order valence-corrected chi connectivity index (χ4v) is 4.15. The quantitative estimate of drug-likeness (QED) is 0.731. The molecule has 0 saturated carbocycles. The average molecular weight is 369 g/mol. The Morgan fingerprint density at radius 1 is 1.15 bits per heavy atom. The first-order valence-corrected chi connectivity index (χ1v) is 9.53. The van der Waals surface area contributed by atoms with Crippen LogP contribution in [0.1, 0.15) is 28.5 Å². The molecule has 0 bridgehead atoms. The third kappa shape index (κ3) is 3.70. The zero-order valence-electron chi connectivity index (χ0n) is 15.9. The van der Waals surface area contributed by atoms with Gasteiger partial charge < -0.3 is 10.2 Å². The first-order valence-electron chi connectivity index (χ1n) is 8.71. The summed E-state index contributed by atoms with van der Waals surface area (Å²) in [7, 11) is 1.89. The van der Waals surface area contributed by atoms with E-state index in [1.807, 2.05) is 25.8 Å². The number of amides is 1. The Morgan fingerprint density at radius 3 is 2.50 bits per heavy atom. The number of nitrogens with one attached hydrogen (secondary N) is 1. The Hall–Kier alpha value is -2.47. The molecule has 0 aliphatic carbocycles. The predicted molar refractivity (Wildman–Crippen MR) is 109 cm³/mol. The molecule has 5 nitrogen and oxygen atoms in total. The summed E-state index contributed by atoms with van der Waals surface area (Å²) < 4.78 is 0. The van der Waals surface area contributed by atoms with Gasteiger partial charge in [0.15, 0.2) is 0 Å². The maximum atomic E-state index is 12.6. The zero-order chi connectivity index (χ0) is 18.8. The fourth-order valence-electron chi connectivity index (χ4n) is 3.22. The van der Waals surface area contributed by atoms with Gasteiger partial charge in [-0.05, 0) is 44.4 Å². The third-order valence-corrected chi connectivity index (χ3v) is 5.58. The number of likely N-dealkylation sites (N-methyl/N-ethyl adjacent to an activating group) is 1. The van der Waals surface area contributed by atoms with Gasteiger partial charge in [0.05, 0.1) is 11.9 Å². The lowest BCUT2D eigenvalue weighted by Crippen LogP contribution is -2.31. The molecule has 1 N–H and O–H groups in total. The number of benzene rings is 1. The number of anilines is 2. The van der Waals surface area contributed by atoms with Crippen LogP contribution in [0.2, 0.25) is 0 Å². The molecule has 0 radical (unpaired) electrons. The summed E-state index contributed by atoms with van der Waals surface area (Å²) in [5, 5.41) is 4.06. The molecule has 0 saturated heterocycles. The van der Waals surface area contributed by atoms with Gasteiger partial charge in [0.1, 0.15) is 17.0 Å². The van der Waals surface area contributed by atoms with Gasteiger partial charge in [-0.2, -0.15) is 0 Å². The van der Waals surface area contributed by atoms with E-state index >= 15 is 0 Å². The van der Waals surface area contributed by atoms with Crippen LogP contribution in [0, 0.1) is 20.8 Å². The monoisotopic (exact) mass is 368 g/mol. The van der Waals surface area contributed by atoms with Crippen LogP contribution in [0.25, 0.3) is 10.2 Å². The van der Waals surface area contributed by atoms with Crippen molar-refractivity contribution in [2.75, 3.05) is 23.8 Å². The van der Waals surface area contributed by atoms with E-state index in [0.29, 0.717) is 0 Å². The van der Waals surface area contributed by atoms with E-state index in [2.05, 4.69) is 47.3 Å². The van der Waals surface area contributed by atoms with Crippen molar-refractivity contribution < 1.29 is 4.79 Å². The van der Waals surface area contributed by atoms with E-state index in [1.54, 1.807) is 17.7 Å². The van der Waals surface area contributed by atoms with Gasteiger partial charge >= 0.3 is 0 Å². The normalized spacial score (nSPS) is 11.0. The summed E-state index contributed by atoms with van der Waals surface area (Å²) >= 11 is 1.68. The summed E-state index contributed by atoms with van der Waals surface area (Å²) in [4.78, 5) is 25.5. The number of thiophene rings is 1. The number of rotatable bonds is 5. The summed E-state index contributed by atoms with van der Waals surface area (Å²) in [5.41, 5.74) is 4.25. The van der Waals surface area contributed by atoms with E-state index in [1.165, 1.54) is 10.4 Å². The maximum absolute atomic E-state index is 12.6. The number of aryl methyl sites for hydroxylation is 4. The maximum Gasteiger partial charge on any atom is 0.243 e. The number of hydrogen-bond acceptors (Lipinski definition) is 5. The van der Waals surface area contributed by atoms with E-state index in [-0.39, 0.29) is 12.5 Å². The number of aromatic nitrogens is 2. The molecule has 2 heterocycles. The van der Waals surface area contributed by atoms with E-state index in [4.69, 9.17) is 0 Å². The van der Waals surface area contributed by atoms with Crippen LogP contribution >= 0.6 is 11.3 Å². The molecular weight excluding hydrogens is 344 g/mol. The number of carbonyl (C=O) groups is 1. The highest BCUT2D eigenvalue weighted by Gasteiger charge is 2.15. The van der Waals surface area contributed by atoms with Crippen molar-refractivity contribution in [3.8, 4) is 0 Å². The van der Waals surface area contributed by atoms with Gasteiger partial charge in [0.2, 0.25) is 5.91 Å². The topological polar surface area (TPSA) is 58.1 Å². The fraction of sp³-hybridized carbons (Fsp3) is 0.350. The van der Waals surface area contributed by atoms with Crippen molar-refractivity contribution >= 4 is 39.0 Å². The summed E-state index contributed by atoms with van der Waals surface area (Å²) in [6.07, 6.45) is 2.53. The first kappa shape index (κ1) is 18.3. The largest absolute Gasteiger partial charge is 0.350 e. The van der Waals surface area contributed by atoms with Crippen LogP contribution in [-0.4, -0.2) is 29.5 Å². The molecule has 0 aliphatic heterocycles. The lowest BCUT2D eigenvalue weighted by molar-refractivity contribution is -0.114. The predicted octanol–water partition coefficient (Wildman–Crippen LogP) is 4.25. The second kappa shape index (κ2) is 7.41. The van der Waals surface area contributed by atoms with Gasteiger partial charge in [0, 0.05) is 17.6 Å². The van der Waals surface area contributed by atoms with Crippen LogP contribution in [0.15, 0.2) is 24.5 Å². The number of hydrogen-bond donors (Lipinski definition) is 1. The van der Waals surface area contributed by atoms with Crippen LogP contribution in [0.5, 0.6) is 0 Å². The molecule has 0 unspecified atom stereocenters. The molecule has 0 fully saturated rings. The van der Waals surface area contributed by atoms with Crippen molar-refractivity contribution in [2.45, 2.75) is 34.1 Å². The first-order chi connectivity index (χ1) is 12.4. The molecule has 3 aromatic rings. The van der Waals surface area contributed by atoms with Crippen molar-refractivity contribution in [1.29, 1.82) is 0 Å². The molecule has 0 aliphatic rings. The van der Waals surface area contributed by atoms with Gasteiger partial charge in [0.25, 0.3) is 0 Å². The van der Waals surface area contributed by atoms with Crippen LogP contribution in [0.3, 0.4) is 0 Å². The highest BCUT2D eigenvalue weighted by Crippen LogP contribution is 2.30. The van der Waals surface area contributed by atoms with E-state index < -0.39 is 0 Å². The molecule has 1 aromatic carbocycles. The lowest BCUT2D eigenvalue weighted by atomic mass is 10.1. The Bertz CT molecular complexity index is 941. The molecule has 136 valence electrons. The molecular formula is C20H24N4OS. The Kier molecular flexibility index (Phi) is 5.23. The van der Waals surface area contributed by atoms with Gasteiger partial charge in [-0.1, -0.05) is 24.6 Å². The molecule has 0 spiro atoms. The minimum Gasteiger partial charge on any atom is -0.350 e. The Labute approximate surface area is 158 Å². The van der Waals surface area contributed by atoms with Gasteiger partial charge in [-0.3, -0.25) is 4.79 Å². The van der Waals surface area contributed by atoms with Gasteiger partial charge in [-0.25, -0.2) is 9.97 Å². The van der Waals surface area contributed by atoms with Crippen molar-refractivity contribution in [2.24, 2.45) is 0 Å². The van der Waals surface area contributed by atoms with Crippen molar-refractivity contribution in [3.63, 3.8) is 0 Å². The van der Waals surface area contributed by atoms with E-state index in [9.17, 15) is 4.79 Å². The minimum absolute atomic E-state index is 0.0553. The highest BCUT2D eigenvalue weighted by atomic mass is 32.1. The van der Waals surface area contributed by atoms with Crippen molar-refractivity contribution in [1.82, 2.24) is 9.97 Å². The molecule has 3 rings (SSSR count). The third-order valence-electron chi connectivity index (χ3n) is 4.39. The molecule has 0 atom stereocenters. The highest BCUT2D eigenvalue weighted by molar-refractivity contribution is 7.18. The SMILES string of the molecule is CCc1cc2c(N(C)CC(=O)Nc3c(C)cc(C)cc3C)ncnc2s1. The number of fused-ring (bicyclic) bond motifs is 1. The summed E-state index contributed by atoms with van der Waals surface area (Å²) in [6.45, 7) is 8.46. The summed E-state index contributed by atoms with van der Waals surface area (Å²) in [5.74, 6) is 0.735. The van der Waals surface area contributed by atoms with E-state index in [0.717, 1.165) is 39.3 Å². The Morgan fingerprint density at radius 2 is 1.85 bits per heavy atom.